The molecule has 0 saturated heterocycles. The van der Waals surface area contributed by atoms with Crippen LogP contribution < -0.4 is 19.1 Å². The van der Waals surface area contributed by atoms with E-state index < -0.39 is 15.9 Å². The first kappa shape index (κ1) is 19.6. The number of sulfonamides is 1. The average Bonchev–Trinajstić information content (AvgIpc) is 2.65. The molecule has 0 heterocycles. The molecule has 8 heteroatoms. The molecule has 2 aromatic carbocycles. The van der Waals surface area contributed by atoms with Crippen molar-refractivity contribution in [1.82, 2.24) is 5.32 Å². The van der Waals surface area contributed by atoms with Crippen molar-refractivity contribution >= 4 is 21.6 Å². The van der Waals surface area contributed by atoms with Gasteiger partial charge in [-0.15, -0.1) is 0 Å². The molecule has 1 N–H and O–H groups in total. The maximum Gasteiger partial charge on any atom is 0.264 e. The van der Waals surface area contributed by atoms with Crippen LogP contribution in [0.4, 0.5) is 5.69 Å². The van der Waals surface area contributed by atoms with Crippen molar-refractivity contribution in [2.24, 2.45) is 0 Å². The molecule has 0 aliphatic carbocycles. The van der Waals surface area contributed by atoms with Gasteiger partial charge >= 0.3 is 0 Å². The standard InChI is InChI=1S/C18H22N2O5S/c1-13-5-8-15(9-6-13)26(22,23)20(12-18(21)19-2)14-7-10-16(24-3)17(11-14)25-4/h5-11H,12H2,1-4H3,(H,19,21). The van der Waals surface area contributed by atoms with Crippen LogP contribution in [0.15, 0.2) is 47.4 Å². The number of methoxy groups -OCH3 is 2. The molecule has 0 unspecified atom stereocenters. The lowest BCUT2D eigenvalue weighted by molar-refractivity contribution is -0.119. The number of likely N-dealkylation sites (N-methyl/N-ethyl adjacent to an activating group) is 1. The highest BCUT2D eigenvalue weighted by Gasteiger charge is 2.27. The van der Waals surface area contributed by atoms with E-state index in [0.717, 1.165) is 9.87 Å². The van der Waals surface area contributed by atoms with Gasteiger partial charge in [-0.1, -0.05) is 17.7 Å². The number of hydrogen-bond donors (Lipinski definition) is 1. The Bertz CT molecular complexity index is 879. The molecule has 0 aromatic heterocycles. The van der Waals surface area contributed by atoms with Crippen molar-refractivity contribution in [3.8, 4) is 11.5 Å². The average molecular weight is 378 g/mol. The summed E-state index contributed by atoms with van der Waals surface area (Å²) in [6, 6.07) is 11.1. The molecule has 0 fully saturated rings. The van der Waals surface area contributed by atoms with E-state index in [1.165, 1.54) is 39.5 Å². The van der Waals surface area contributed by atoms with E-state index in [1.54, 1.807) is 24.3 Å². The quantitative estimate of drug-likeness (QED) is 0.796. The maximum absolute atomic E-state index is 13.1. The fraction of sp³-hybridized carbons (Fsp3) is 0.278. The van der Waals surface area contributed by atoms with Crippen molar-refractivity contribution in [2.75, 3.05) is 32.1 Å². The molecule has 1 amide bonds. The Labute approximate surface area is 153 Å². The van der Waals surface area contributed by atoms with Gasteiger partial charge in [-0.2, -0.15) is 0 Å². The third-order valence-electron chi connectivity index (χ3n) is 3.83. The summed E-state index contributed by atoms with van der Waals surface area (Å²) in [7, 11) is 0.454. The Morgan fingerprint density at radius 3 is 2.19 bits per heavy atom. The van der Waals surface area contributed by atoms with Gasteiger partial charge in [0.05, 0.1) is 24.8 Å². The number of benzene rings is 2. The lowest BCUT2D eigenvalue weighted by Gasteiger charge is -2.24. The second-order valence-electron chi connectivity index (χ2n) is 5.54. The van der Waals surface area contributed by atoms with Crippen molar-refractivity contribution in [3.05, 3.63) is 48.0 Å². The van der Waals surface area contributed by atoms with Crippen LogP contribution in [0.25, 0.3) is 0 Å². The Morgan fingerprint density at radius 1 is 1.04 bits per heavy atom. The minimum Gasteiger partial charge on any atom is -0.493 e. The van der Waals surface area contributed by atoms with Crippen molar-refractivity contribution < 1.29 is 22.7 Å². The molecule has 0 atom stereocenters. The smallest absolute Gasteiger partial charge is 0.264 e. The molecule has 2 rings (SSSR count). The van der Waals surface area contributed by atoms with Gasteiger partial charge in [-0.25, -0.2) is 8.42 Å². The number of anilines is 1. The van der Waals surface area contributed by atoms with Gasteiger partial charge in [0, 0.05) is 13.1 Å². The predicted molar refractivity (Wildman–Crippen MR) is 99.3 cm³/mol. The summed E-state index contributed by atoms with van der Waals surface area (Å²) in [5, 5.41) is 2.45. The number of ether oxygens (including phenoxy) is 2. The van der Waals surface area contributed by atoms with E-state index >= 15 is 0 Å². The first-order valence-electron chi connectivity index (χ1n) is 7.85. The maximum atomic E-state index is 13.1. The lowest BCUT2D eigenvalue weighted by atomic mass is 10.2. The molecule has 0 bridgehead atoms. The highest BCUT2D eigenvalue weighted by molar-refractivity contribution is 7.92. The Hall–Kier alpha value is -2.74. The van der Waals surface area contributed by atoms with Crippen molar-refractivity contribution in [2.45, 2.75) is 11.8 Å². The zero-order valence-corrected chi connectivity index (χ0v) is 16.0. The fourth-order valence-corrected chi connectivity index (χ4v) is 3.75. The largest absolute Gasteiger partial charge is 0.493 e. The molecule has 0 aliphatic rings. The number of aryl methyl sites for hydroxylation is 1. The van der Waals surface area contributed by atoms with Gasteiger partial charge in [-0.05, 0) is 31.2 Å². The minimum atomic E-state index is -3.94. The summed E-state index contributed by atoms with van der Waals surface area (Å²) in [6.07, 6.45) is 0. The summed E-state index contributed by atoms with van der Waals surface area (Å²) in [4.78, 5) is 12.0. The Morgan fingerprint density at radius 2 is 1.65 bits per heavy atom. The minimum absolute atomic E-state index is 0.0989. The molecule has 7 nitrogen and oxygen atoms in total. The van der Waals surface area contributed by atoms with Gasteiger partial charge in [0.25, 0.3) is 10.0 Å². The van der Waals surface area contributed by atoms with E-state index in [1.807, 2.05) is 6.92 Å². The molecule has 0 aliphatic heterocycles. The number of carbonyl (C=O) groups is 1. The van der Waals surface area contributed by atoms with Crippen LogP contribution in [0.3, 0.4) is 0 Å². The fourth-order valence-electron chi connectivity index (χ4n) is 2.34. The van der Waals surface area contributed by atoms with Crippen molar-refractivity contribution in [1.29, 1.82) is 0 Å². The number of nitrogens with zero attached hydrogens (tertiary/aromatic N) is 1. The molecule has 0 spiro atoms. The van der Waals surface area contributed by atoms with Crippen LogP contribution in [-0.4, -0.2) is 42.1 Å². The molecular weight excluding hydrogens is 356 g/mol. The molecule has 26 heavy (non-hydrogen) atoms. The summed E-state index contributed by atoms with van der Waals surface area (Å²) in [6.45, 7) is 1.51. The highest BCUT2D eigenvalue weighted by atomic mass is 32.2. The summed E-state index contributed by atoms with van der Waals surface area (Å²) in [5.74, 6) is 0.394. The molecule has 0 saturated carbocycles. The van der Waals surface area contributed by atoms with E-state index in [0.29, 0.717) is 17.2 Å². The number of amides is 1. The zero-order valence-electron chi connectivity index (χ0n) is 15.1. The summed E-state index contributed by atoms with van der Waals surface area (Å²) >= 11 is 0. The third kappa shape index (κ3) is 4.08. The first-order valence-corrected chi connectivity index (χ1v) is 9.29. The number of nitrogens with one attached hydrogen (secondary N) is 1. The normalized spacial score (nSPS) is 10.9. The number of carbonyl (C=O) groups excluding carboxylic acids is 1. The Balaban J connectivity index is 2.56. The van der Waals surface area contributed by atoms with Crippen molar-refractivity contribution in [3.63, 3.8) is 0 Å². The second-order valence-corrected chi connectivity index (χ2v) is 7.40. The predicted octanol–water partition coefficient (Wildman–Crippen LogP) is 1.95. The third-order valence-corrected chi connectivity index (χ3v) is 5.62. The van der Waals surface area contributed by atoms with Gasteiger partial charge in [0.2, 0.25) is 5.91 Å². The van der Waals surface area contributed by atoms with E-state index in [9.17, 15) is 13.2 Å². The van der Waals surface area contributed by atoms with Crippen LogP contribution in [0, 0.1) is 6.92 Å². The SMILES string of the molecule is CNC(=O)CN(c1ccc(OC)c(OC)c1)S(=O)(=O)c1ccc(C)cc1. The van der Waals surface area contributed by atoms with Crippen LogP contribution >= 0.6 is 0 Å². The van der Waals surface area contributed by atoms with E-state index in [-0.39, 0.29) is 11.4 Å². The summed E-state index contributed by atoms with van der Waals surface area (Å²) < 4.78 is 37.7. The highest BCUT2D eigenvalue weighted by Crippen LogP contribution is 2.33. The lowest BCUT2D eigenvalue weighted by Crippen LogP contribution is -2.39. The van der Waals surface area contributed by atoms with Crippen LogP contribution in [-0.2, 0) is 14.8 Å². The molecule has 140 valence electrons. The van der Waals surface area contributed by atoms with Crippen LogP contribution in [0.1, 0.15) is 5.56 Å². The monoisotopic (exact) mass is 378 g/mol. The van der Waals surface area contributed by atoms with E-state index in [4.69, 9.17) is 9.47 Å². The second kappa shape index (κ2) is 8.09. The number of hydrogen-bond acceptors (Lipinski definition) is 5. The first-order chi connectivity index (χ1) is 12.3. The Kier molecular flexibility index (Phi) is 6.10. The van der Waals surface area contributed by atoms with Gasteiger partial charge < -0.3 is 14.8 Å². The number of rotatable bonds is 7. The van der Waals surface area contributed by atoms with Crippen LogP contribution in [0.5, 0.6) is 11.5 Å². The van der Waals surface area contributed by atoms with E-state index in [2.05, 4.69) is 5.32 Å². The molecule has 2 aromatic rings. The van der Waals surface area contributed by atoms with Crippen LogP contribution in [0.2, 0.25) is 0 Å². The summed E-state index contributed by atoms with van der Waals surface area (Å²) in [5.41, 5.74) is 1.24. The zero-order chi connectivity index (χ0) is 19.3. The van der Waals surface area contributed by atoms with Gasteiger partial charge in [0.15, 0.2) is 11.5 Å². The van der Waals surface area contributed by atoms with Gasteiger partial charge in [0.1, 0.15) is 6.54 Å². The molecule has 0 radical (unpaired) electrons. The topological polar surface area (TPSA) is 84.9 Å². The van der Waals surface area contributed by atoms with Gasteiger partial charge in [-0.3, -0.25) is 9.10 Å². The molecular formula is C18H22N2O5S.